The van der Waals surface area contributed by atoms with Crippen LogP contribution in [0.1, 0.15) is 24.6 Å². The van der Waals surface area contributed by atoms with Gasteiger partial charge in [0.15, 0.2) is 5.82 Å². The van der Waals surface area contributed by atoms with E-state index in [-0.39, 0.29) is 11.9 Å². The largest absolute Gasteiger partial charge is 0.378 e. The standard InChI is InChI=1S/C14H22N4O3/c1-10-16-13(17-21-10)7-11-3-2-5-18(8-11)14(19)12-9-20-6-4-15-12/h11-12,15H,2-9H2,1H3. The van der Waals surface area contributed by atoms with Crippen molar-refractivity contribution in [1.82, 2.24) is 20.4 Å². The van der Waals surface area contributed by atoms with Gasteiger partial charge in [-0.15, -0.1) is 0 Å². The number of carbonyl (C=O) groups excluding carboxylic acids is 1. The summed E-state index contributed by atoms with van der Waals surface area (Å²) in [6, 6.07) is -0.190. The Bertz CT molecular complexity index is 484. The van der Waals surface area contributed by atoms with Crippen molar-refractivity contribution in [1.29, 1.82) is 0 Å². The Balaban J connectivity index is 1.56. The number of piperidine rings is 1. The maximum Gasteiger partial charge on any atom is 0.242 e. The molecule has 2 saturated heterocycles. The second-order valence-electron chi connectivity index (χ2n) is 5.81. The van der Waals surface area contributed by atoms with Gasteiger partial charge in [-0.1, -0.05) is 5.16 Å². The normalized spacial score (nSPS) is 26.8. The van der Waals surface area contributed by atoms with Crippen LogP contribution in [0.4, 0.5) is 0 Å². The first-order valence-electron chi connectivity index (χ1n) is 7.61. The summed E-state index contributed by atoms with van der Waals surface area (Å²) < 4.78 is 10.4. The highest BCUT2D eigenvalue weighted by Crippen LogP contribution is 2.20. The average molecular weight is 294 g/mol. The molecule has 2 aliphatic rings. The second kappa shape index (κ2) is 6.53. The SMILES string of the molecule is Cc1nc(CC2CCCN(C(=O)C3COCCN3)C2)no1. The first-order valence-corrected chi connectivity index (χ1v) is 7.61. The molecule has 1 aromatic rings. The van der Waals surface area contributed by atoms with Gasteiger partial charge in [0.1, 0.15) is 6.04 Å². The van der Waals surface area contributed by atoms with E-state index in [1.54, 1.807) is 6.92 Å². The highest BCUT2D eigenvalue weighted by molar-refractivity contribution is 5.82. The van der Waals surface area contributed by atoms with Crippen LogP contribution in [-0.4, -0.2) is 59.8 Å². The first kappa shape index (κ1) is 14.5. The van der Waals surface area contributed by atoms with Crippen molar-refractivity contribution in [2.24, 2.45) is 5.92 Å². The molecule has 2 atom stereocenters. The molecule has 7 heteroatoms. The lowest BCUT2D eigenvalue weighted by atomic mass is 9.94. The fraction of sp³-hybridized carbons (Fsp3) is 0.786. The zero-order chi connectivity index (χ0) is 14.7. The Morgan fingerprint density at radius 2 is 2.43 bits per heavy atom. The van der Waals surface area contributed by atoms with Crippen LogP contribution in [0.3, 0.4) is 0 Å². The third kappa shape index (κ3) is 3.59. The zero-order valence-corrected chi connectivity index (χ0v) is 12.4. The number of likely N-dealkylation sites (tertiary alicyclic amines) is 1. The van der Waals surface area contributed by atoms with Crippen LogP contribution in [0.5, 0.6) is 0 Å². The number of carbonyl (C=O) groups is 1. The van der Waals surface area contributed by atoms with Gasteiger partial charge in [-0.05, 0) is 18.8 Å². The number of hydrogen-bond donors (Lipinski definition) is 1. The van der Waals surface area contributed by atoms with Crippen molar-refractivity contribution in [3.8, 4) is 0 Å². The van der Waals surface area contributed by atoms with Gasteiger partial charge in [-0.2, -0.15) is 4.98 Å². The van der Waals surface area contributed by atoms with E-state index in [4.69, 9.17) is 9.26 Å². The van der Waals surface area contributed by atoms with E-state index >= 15 is 0 Å². The molecular weight excluding hydrogens is 272 g/mol. The van der Waals surface area contributed by atoms with Crippen molar-refractivity contribution in [2.75, 3.05) is 32.8 Å². The Morgan fingerprint density at radius 3 is 3.14 bits per heavy atom. The van der Waals surface area contributed by atoms with Gasteiger partial charge >= 0.3 is 0 Å². The molecule has 0 aliphatic carbocycles. The van der Waals surface area contributed by atoms with Gasteiger partial charge in [0.2, 0.25) is 11.8 Å². The predicted molar refractivity (Wildman–Crippen MR) is 74.7 cm³/mol. The molecule has 0 aromatic carbocycles. The third-order valence-electron chi connectivity index (χ3n) is 4.09. The molecule has 116 valence electrons. The molecular formula is C14H22N4O3. The first-order chi connectivity index (χ1) is 10.2. The van der Waals surface area contributed by atoms with Gasteiger partial charge < -0.3 is 19.5 Å². The predicted octanol–water partition coefficient (Wildman–Crippen LogP) is 0.148. The van der Waals surface area contributed by atoms with E-state index in [1.165, 1.54) is 0 Å². The number of hydrogen-bond acceptors (Lipinski definition) is 6. The highest BCUT2D eigenvalue weighted by Gasteiger charge is 2.30. The molecule has 1 amide bonds. The fourth-order valence-corrected chi connectivity index (χ4v) is 3.06. The van der Waals surface area contributed by atoms with E-state index < -0.39 is 0 Å². The van der Waals surface area contributed by atoms with E-state index in [9.17, 15) is 4.79 Å². The Labute approximate surface area is 124 Å². The number of ether oxygens (including phenoxy) is 1. The summed E-state index contributed by atoms with van der Waals surface area (Å²) >= 11 is 0. The Hall–Kier alpha value is -1.47. The second-order valence-corrected chi connectivity index (χ2v) is 5.81. The number of aromatic nitrogens is 2. The molecule has 7 nitrogen and oxygen atoms in total. The minimum Gasteiger partial charge on any atom is -0.378 e. The summed E-state index contributed by atoms with van der Waals surface area (Å²) in [5.74, 6) is 1.90. The number of rotatable bonds is 3. The van der Waals surface area contributed by atoms with Gasteiger partial charge in [0, 0.05) is 33.0 Å². The molecule has 2 aliphatic heterocycles. The van der Waals surface area contributed by atoms with Crippen molar-refractivity contribution in [3.63, 3.8) is 0 Å². The molecule has 2 unspecified atom stereocenters. The lowest BCUT2D eigenvalue weighted by Crippen LogP contribution is -2.54. The van der Waals surface area contributed by atoms with Crippen molar-refractivity contribution >= 4 is 5.91 Å². The fourth-order valence-electron chi connectivity index (χ4n) is 3.06. The molecule has 1 aromatic heterocycles. The average Bonchev–Trinajstić information content (AvgIpc) is 2.93. The van der Waals surface area contributed by atoms with E-state index in [2.05, 4.69) is 15.5 Å². The summed E-state index contributed by atoms with van der Waals surface area (Å²) in [4.78, 5) is 18.7. The summed E-state index contributed by atoms with van der Waals surface area (Å²) in [7, 11) is 0. The Kier molecular flexibility index (Phi) is 4.50. The van der Waals surface area contributed by atoms with Crippen molar-refractivity contribution < 1.29 is 14.1 Å². The van der Waals surface area contributed by atoms with Crippen LogP contribution < -0.4 is 5.32 Å². The van der Waals surface area contributed by atoms with Crippen LogP contribution in [-0.2, 0) is 16.0 Å². The Morgan fingerprint density at radius 1 is 1.52 bits per heavy atom. The highest BCUT2D eigenvalue weighted by atomic mass is 16.5. The molecule has 1 N–H and O–H groups in total. The molecule has 3 rings (SSSR count). The van der Waals surface area contributed by atoms with E-state index in [1.807, 2.05) is 4.90 Å². The molecule has 0 saturated carbocycles. The monoisotopic (exact) mass is 294 g/mol. The van der Waals surface area contributed by atoms with Crippen LogP contribution in [0.25, 0.3) is 0 Å². The van der Waals surface area contributed by atoms with Crippen molar-refractivity contribution in [3.05, 3.63) is 11.7 Å². The van der Waals surface area contributed by atoms with Gasteiger partial charge in [0.25, 0.3) is 0 Å². The zero-order valence-electron chi connectivity index (χ0n) is 12.4. The van der Waals surface area contributed by atoms with Gasteiger partial charge in [-0.25, -0.2) is 0 Å². The summed E-state index contributed by atoms with van der Waals surface area (Å²) in [5, 5.41) is 7.18. The molecule has 3 heterocycles. The van der Waals surface area contributed by atoms with Gasteiger partial charge in [-0.3, -0.25) is 4.79 Å². The number of morpholine rings is 1. The lowest BCUT2D eigenvalue weighted by Gasteiger charge is -2.35. The third-order valence-corrected chi connectivity index (χ3v) is 4.09. The molecule has 21 heavy (non-hydrogen) atoms. The van der Waals surface area contributed by atoms with E-state index in [0.717, 1.165) is 44.7 Å². The number of nitrogens with one attached hydrogen (secondary N) is 1. The smallest absolute Gasteiger partial charge is 0.242 e. The maximum absolute atomic E-state index is 12.5. The minimum absolute atomic E-state index is 0.156. The van der Waals surface area contributed by atoms with Crippen LogP contribution in [0.15, 0.2) is 4.52 Å². The molecule has 0 spiro atoms. The summed E-state index contributed by atoms with van der Waals surface area (Å²) in [5.41, 5.74) is 0. The van der Waals surface area contributed by atoms with Crippen LogP contribution in [0.2, 0.25) is 0 Å². The number of amides is 1. The van der Waals surface area contributed by atoms with Crippen LogP contribution >= 0.6 is 0 Å². The van der Waals surface area contributed by atoms with E-state index in [0.29, 0.717) is 25.0 Å². The quantitative estimate of drug-likeness (QED) is 0.854. The minimum atomic E-state index is -0.190. The van der Waals surface area contributed by atoms with Gasteiger partial charge in [0.05, 0.1) is 13.2 Å². The summed E-state index contributed by atoms with van der Waals surface area (Å²) in [6.07, 6.45) is 2.91. The molecule has 0 radical (unpaired) electrons. The lowest BCUT2D eigenvalue weighted by molar-refractivity contribution is -0.138. The van der Waals surface area contributed by atoms with Crippen LogP contribution in [0, 0.1) is 12.8 Å². The van der Waals surface area contributed by atoms with Crippen molar-refractivity contribution in [2.45, 2.75) is 32.2 Å². The summed E-state index contributed by atoms with van der Waals surface area (Å²) in [6.45, 7) is 5.30. The molecule has 2 fully saturated rings. The topological polar surface area (TPSA) is 80.5 Å². The maximum atomic E-state index is 12.5. The number of nitrogens with zero attached hydrogens (tertiary/aromatic N) is 3. The number of aryl methyl sites for hydroxylation is 1. The molecule has 0 bridgehead atoms.